The highest BCUT2D eigenvalue weighted by molar-refractivity contribution is 9.10. The van der Waals surface area contributed by atoms with Gasteiger partial charge in [0.15, 0.2) is 0 Å². The quantitative estimate of drug-likeness (QED) is 0.754. The van der Waals surface area contributed by atoms with E-state index in [9.17, 15) is 4.79 Å². The van der Waals surface area contributed by atoms with Crippen LogP contribution in [0.2, 0.25) is 0 Å². The molecule has 0 atom stereocenters. The number of benzene rings is 2. The fourth-order valence-corrected chi connectivity index (χ4v) is 2.85. The number of nitrogens with zero attached hydrogens (tertiary/aromatic N) is 1. The van der Waals surface area contributed by atoms with Crippen LogP contribution in [0.1, 0.15) is 5.56 Å². The largest absolute Gasteiger partial charge is 0.341 e. The lowest BCUT2D eigenvalue weighted by molar-refractivity contribution is -0.127. The van der Waals surface area contributed by atoms with Gasteiger partial charge in [-0.05, 0) is 29.8 Å². The Labute approximate surface area is 132 Å². The summed E-state index contributed by atoms with van der Waals surface area (Å²) in [5.41, 5.74) is 1.13. The first kappa shape index (κ1) is 15.1. The summed E-state index contributed by atoms with van der Waals surface area (Å²) in [6, 6.07) is 18.0. The second kappa shape index (κ2) is 7.50. The molecule has 20 heavy (non-hydrogen) atoms. The first-order chi connectivity index (χ1) is 9.65. The van der Waals surface area contributed by atoms with Gasteiger partial charge in [-0.1, -0.05) is 46.3 Å². The van der Waals surface area contributed by atoms with Crippen molar-refractivity contribution >= 4 is 33.6 Å². The van der Waals surface area contributed by atoms with Crippen LogP contribution in [0.25, 0.3) is 0 Å². The monoisotopic (exact) mass is 349 g/mol. The molecule has 0 spiro atoms. The lowest BCUT2D eigenvalue weighted by Crippen LogP contribution is -2.27. The van der Waals surface area contributed by atoms with Gasteiger partial charge in [-0.3, -0.25) is 4.79 Å². The Hall–Kier alpha value is -1.26. The molecular weight excluding hydrogens is 334 g/mol. The zero-order valence-electron chi connectivity index (χ0n) is 11.3. The van der Waals surface area contributed by atoms with E-state index in [4.69, 9.17) is 0 Å². The minimum atomic E-state index is 0.141. The fraction of sp³-hybridized carbons (Fsp3) is 0.188. The van der Waals surface area contributed by atoms with Crippen molar-refractivity contribution in [2.45, 2.75) is 11.4 Å². The van der Waals surface area contributed by atoms with Crippen molar-refractivity contribution in [3.63, 3.8) is 0 Å². The second-order valence-corrected chi connectivity index (χ2v) is 6.44. The Morgan fingerprint density at radius 3 is 2.40 bits per heavy atom. The highest BCUT2D eigenvalue weighted by atomic mass is 79.9. The van der Waals surface area contributed by atoms with Gasteiger partial charge in [-0.25, -0.2) is 0 Å². The van der Waals surface area contributed by atoms with Crippen LogP contribution in [0, 0.1) is 0 Å². The van der Waals surface area contributed by atoms with E-state index in [1.807, 2.05) is 61.6 Å². The topological polar surface area (TPSA) is 20.3 Å². The molecule has 1 amide bonds. The Bertz CT molecular complexity index is 556. The Kier molecular flexibility index (Phi) is 5.68. The molecule has 0 fully saturated rings. The highest BCUT2D eigenvalue weighted by Crippen LogP contribution is 2.18. The Morgan fingerprint density at radius 2 is 1.75 bits per heavy atom. The number of hydrogen-bond donors (Lipinski definition) is 0. The van der Waals surface area contributed by atoms with E-state index in [1.165, 1.54) is 0 Å². The predicted octanol–water partition coefficient (Wildman–Crippen LogP) is 4.20. The molecule has 0 saturated heterocycles. The number of halogens is 1. The average molecular weight is 350 g/mol. The predicted molar refractivity (Wildman–Crippen MR) is 87.8 cm³/mol. The number of carbonyl (C=O) groups excluding carboxylic acids is 1. The standard InChI is InChI=1S/C16H16BrNOS/c1-18(11-13-7-9-14(17)10-8-13)16(19)12-20-15-5-3-2-4-6-15/h2-10H,11-12H2,1H3. The van der Waals surface area contributed by atoms with E-state index in [0.29, 0.717) is 12.3 Å². The van der Waals surface area contributed by atoms with Crippen LogP contribution in [0.3, 0.4) is 0 Å². The van der Waals surface area contributed by atoms with Crippen molar-refractivity contribution in [1.82, 2.24) is 4.90 Å². The van der Waals surface area contributed by atoms with Crippen LogP contribution in [-0.2, 0) is 11.3 Å². The van der Waals surface area contributed by atoms with Crippen LogP contribution < -0.4 is 0 Å². The first-order valence-electron chi connectivity index (χ1n) is 6.31. The molecule has 2 aromatic carbocycles. The van der Waals surface area contributed by atoms with Gasteiger partial charge >= 0.3 is 0 Å². The molecule has 0 aromatic heterocycles. The maximum atomic E-state index is 12.1. The third-order valence-electron chi connectivity index (χ3n) is 2.86. The fourth-order valence-electron chi connectivity index (χ4n) is 1.72. The second-order valence-electron chi connectivity index (χ2n) is 4.48. The van der Waals surface area contributed by atoms with Gasteiger partial charge in [0.05, 0.1) is 5.75 Å². The molecule has 0 aliphatic rings. The maximum Gasteiger partial charge on any atom is 0.232 e. The smallest absolute Gasteiger partial charge is 0.232 e. The molecule has 0 unspecified atom stereocenters. The number of hydrogen-bond acceptors (Lipinski definition) is 2. The lowest BCUT2D eigenvalue weighted by atomic mass is 10.2. The average Bonchev–Trinajstić information content (AvgIpc) is 2.48. The van der Waals surface area contributed by atoms with E-state index < -0.39 is 0 Å². The van der Waals surface area contributed by atoms with Gasteiger partial charge in [0, 0.05) is 23.0 Å². The summed E-state index contributed by atoms with van der Waals surface area (Å²) in [5, 5.41) is 0. The summed E-state index contributed by atoms with van der Waals surface area (Å²) < 4.78 is 1.05. The molecular formula is C16H16BrNOS. The highest BCUT2D eigenvalue weighted by Gasteiger charge is 2.09. The SMILES string of the molecule is CN(Cc1ccc(Br)cc1)C(=O)CSc1ccccc1. The third-order valence-corrected chi connectivity index (χ3v) is 4.39. The van der Waals surface area contributed by atoms with Crippen LogP contribution in [0.5, 0.6) is 0 Å². The van der Waals surface area contributed by atoms with Gasteiger partial charge in [0.2, 0.25) is 5.91 Å². The van der Waals surface area contributed by atoms with Crippen molar-refractivity contribution in [2.24, 2.45) is 0 Å². The number of rotatable bonds is 5. The summed E-state index contributed by atoms with van der Waals surface area (Å²) >= 11 is 4.98. The molecule has 0 N–H and O–H groups in total. The van der Waals surface area contributed by atoms with Crippen LogP contribution in [0.15, 0.2) is 64.0 Å². The van der Waals surface area contributed by atoms with E-state index in [0.717, 1.165) is 14.9 Å². The van der Waals surface area contributed by atoms with Gasteiger partial charge in [-0.15, -0.1) is 11.8 Å². The molecule has 0 radical (unpaired) electrons. The lowest BCUT2D eigenvalue weighted by Gasteiger charge is -2.17. The van der Waals surface area contributed by atoms with Crippen LogP contribution in [-0.4, -0.2) is 23.6 Å². The molecule has 0 saturated carbocycles. The maximum absolute atomic E-state index is 12.1. The summed E-state index contributed by atoms with van der Waals surface area (Å²) in [6.45, 7) is 0.640. The molecule has 0 aliphatic heterocycles. The number of amides is 1. The molecule has 0 aliphatic carbocycles. The van der Waals surface area contributed by atoms with Crippen molar-refractivity contribution < 1.29 is 4.79 Å². The third kappa shape index (κ3) is 4.69. The van der Waals surface area contributed by atoms with Gasteiger partial charge in [0.25, 0.3) is 0 Å². The molecule has 2 rings (SSSR count). The van der Waals surface area contributed by atoms with Gasteiger partial charge < -0.3 is 4.90 Å². The van der Waals surface area contributed by atoms with Gasteiger partial charge in [-0.2, -0.15) is 0 Å². The molecule has 104 valence electrons. The number of carbonyl (C=O) groups is 1. The van der Waals surface area contributed by atoms with Crippen LogP contribution >= 0.6 is 27.7 Å². The van der Waals surface area contributed by atoms with E-state index in [-0.39, 0.29) is 5.91 Å². The molecule has 0 heterocycles. The minimum Gasteiger partial charge on any atom is -0.341 e. The summed E-state index contributed by atoms with van der Waals surface area (Å²) in [6.07, 6.45) is 0. The summed E-state index contributed by atoms with van der Waals surface area (Å²) in [7, 11) is 1.84. The van der Waals surface area contributed by atoms with Crippen LogP contribution in [0.4, 0.5) is 0 Å². The summed E-state index contributed by atoms with van der Waals surface area (Å²) in [5.74, 6) is 0.610. The van der Waals surface area contributed by atoms with E-state index in [1.54, 1.807) is 16.7 Å². The van der Waals surface area contributed by atoms with Crippen molar-refractivity contribution in [3.05, 3.63) is 64.6 Å². The van der Waals surface area contributed by atoms with E-state index in [2.05, 4.69) is 15.9 Å². The molecule has 4 heteroatoms. The molecule has 2 nitrogen and oxygen atoms in total. The molecule has 2 aromatic rings. The van der Waals surface area contributed by atoms with Gasteiger partial charge in [0.1, 0.15) is 0 Å². The molecule has 0 bridgehead atoms. The Morgan fingerprint density at radius 1 is 1.10 bits per heavy atom. The Balaban J connectivity index is 1.84. The normalized spacial score (nSPS) is 10.3. The van der Waals surface area contributed by atoms with E-state index >= 15 is 0 Å². The zero-order valence-corrected chi connectivity index (χ0v) is 13.7. The van der Waals surface area contributed by atoms with Crippen molar-refractivity contribution in [1.29, 1.82) is 0 Å². The minimum absolute atomic E-state index is 0.141. The van der Waals surface area contributed by atoms with Crippen molar-refractivity contribution in [2.75, 3.05) is 12.8 Å². The number of thioether (sulfide) groups is 1. The zero-order chi connectivity index (χ0) is 14.4. The van der Waals surface area contributed by atoms with Crippen molar-refractivity contribution in [3.8, 4) is 0 Å². The first-order valence-corrected chi connectivity index (χ1v) is 8.09. The summed E-state index contributed by atoms with van der Waals surface area (Å²) in [4.78, 5) is 15.0.